The lowest BCUT2D eigenvalue weighted by Crippen LogP contribution is -2.55. The fourth-order valence-corrected chi connectivity index (χ4v) is 3.70. The predicted molar refractivity (Wildman–Crippen MR) is 105 cm³/mol. The van der Waals surface area contributed by atoms with Crippen LogP contribution >= 0.6 is 23.2 Å². The molecule has 2 aromatic rings. The monoisotopic (exact) mass is 420 g/mol. The lowest BCUT2D eigenvalue weighted by Gasteiger charge is -2.37. The van der Waals surface area contributed by atoms with Crippen molar-refractivity contribution in [1.29, 1.82) is 0 Å². The fourth-order valence-electron chi connectivity index (χ4n) is 3.31. The Morgan fingerprint density at radius 3 is 2.32 bits per heavy atom. The molecule has 0 N–H and O–H groups in total. The van der Waals surface area contributed by atoms with Crippen molar-refractivity contribution in [3.8, 4) is 11.5 Å². The van der Waals surface area contributed by atoms with E-state index in [1.54, 1.807) is 40.1 Å². The SMILES string of the molecule is O=C(c1cccc(Cl)c1Cl)N1CCN(C(=O)C2COc3ccccc3O2)CC1. The van der Waals surface area contributed by atoms with Crippen molar-refractivity contribution < 1.29 is 19.1 Å². The number of halogens is 2. The first kappa shape index (κ1) is 18.9. The molecule has 1 saturated heterocycles. The maximum absolute atomic E-state index is 12.8. The van der Waals surface area contributed by atoms with Crippen molar-refractivity contribution in [3.63, 3.8) is 0 Å². The van der Waals surface area contributed by atoms with E-state index in [4.69, 9.17) is 32.7 Å². The highest BCUT2D eigenvalue weighted by Gasteiger charge is 2.33. The van der Waals surface area contributed by atoms with Crippen LogP contribution in [0.4, 0.5) is 0 Å². The number of rotatable bonds is 2. The molecule has 2 heterocycles. The molecule has 2 aliphatic rings. The number of hydrogen-bond acceptors (Lipinski definition) is 4. The average molecular weight is 421 g/mol. The van der Waals surface area contributed by atoms with E-state index >= 15 is 0 Å². The third-order valence-corrected chi connectivity index (χ3v) is 5.66. The lowest BCUT2D eigenvalue weighted by molar-refractivity contribution is -0.142. The van der Waals surface area contributed by atoms with Gasteiger partial charge in [-0.1, -0.05) is 41.4 Å². The van der Waals surface area contributed by atoms with Crippen molar-refractivity contribution in [2.24, 2.45) is 0 Å². The van der Waals surface area contributed by atoms with E-state index in [2.05, 4.69) is 0 Å². The summed E-state index contributed by atoms with van der Waals surface area (Å²) in [4.78, 5) is 28.9. The minimum absolute atomic E-state index is 0.137. The second kappa shape index (κ2) is 7.89. The van der Waals surface area contributed by atoms with E-state index in [0.717, 1.165) is 0 Å². The summed E-state index contributed by atoms with van der Waals surface area (Å²) in [5, 5.41) is 0.593. The van der Waals surface area contributed by atoms with Crippen LogP contribution in [0.25, 0.3) is 0 Å². The summed E-state index contributed by atoms with van der Waals surface area (Å²) in [5.74, 6) is 0.880. The number of carbonyl (C=O) groups excluding carboxylic acids is 2. The van der Waals surface area contributed by atoms with Gasteiger partial charge < -0.3 is 19.3 Å². The molecule has 0 aromatic heterocycles. The number of carbonyl (C=O) groups is 2. The van der Waals surface area contributed by atoms with Crippen molar-refractivity contribution in [2.45, 2.75) is 6.10 Å². The second-order valence-electron chi connectivity index (χ2n) is 6.58. The third kappa shape index (κ3) is 3.62. The summed E-state index contributed by atoms with van der Waals surface area (Å²) in [5.41, 5.74) is 0.370. The van der Waals surface area contributed by atoms with E-state index in [-0.39, 0.29) is 23.4 Å². The Morgan fingerprint density at radius 2 is 1.57 bits per heavy atom. The Balaban J connectivity index is 1.37. The van der Waals surface area contributed by atoms with Gasteiger partial charge in [-0.15, -0.1) is 0 Å². The number of hydrogen-bond donors (Lipinski definition) is 0. The molecular formula is C20H18Cl2N2O4. The number of amides is 2. The Hall–Kier alpha value is -2.44. The average Bonchev–Trinajstić information content (AvgIpc) is 2.74. The molecule has 2 aromatic carbocycles. The van der Waals surface area contributed by atoms with Gasteiger partial charge in [0.1, 0.15) is 6.61 Å². The van der Waals surface area contributed by atoms with E-state index in [0.29, 0.717) is 48.3 Å². The van der Waals surface area contributed by atoms with Gasteiger partial charge in [0.2, 0.25) is 6.10 Å². The summed E-state index contributed by atoms with van der Waals surface area (Å²) < 4.78 is 11.4. The maximum Gasteiger partial charge on any atom is 0.267 e. The fraction of sp³-hybridized carbons (Fsp3) is 0.300. The van der Waals surface area contributed by atoms with Gasteiger partial charge in [-0.3, -0.25) is 9.59 Å². The number of nitrogens with zero attached hydrogens (tertiary/aromatic N) is 2. The molecule has 6 nitrogen and oxygen atoms in total. The summed E-state index contributed by atoms with van der Waals surface area (Å²) >= 11 is 12.2. The van der Waals surface area contributed by atoms with E-state index in [1.807, 2.05) is 12.1 Å². The Bertz CT molecular complexity index is 913. The standard InChI is InChI=1S/C20H18Cl2N2O4/c21-14-5-3-4-13(18(14)22)19(25)23-8-10-24(11-9-23)20(26)17-12-27-15-6-1-2-7-16(15)28-17/h1-7,17H,8-12H2. The first-order valence-corrected chi connectivity index (χ1v) is 9.71. The lowest BCUT2D eigenvalue weighted by atomic mass is 10.1. The number of para-hydroxylation sites is 2. The molecule has 4 rings (SSSR count). The summed E-state index contributed by atoms with van der Waals surface area (Å²) in [6.45, 7) is 1.84. The molecule has 0 saturated carbocycles. The van der Waals surface area contributed by atoms with Crippen molar-refractivity contribution in [3.05, 3.63) is 58.1 Å². The first-order valence-electron chi connectivity index (χ1n) is 8.95. The molecule has 28 heavy (non-hydrogen) atoms. The topological polar surface area (TPSA) is 59.1 Å². The van der Waals surface area contributed by atoms with Crippen LogP contribution in [0.15, 0.2) is 42.5 Å². The normalized spacial score (nSPS) is 18.7. The molecular weight excluding hydrogens is 403 g/mol. The second-order valence-corrected chi connectivity index (χ2v) is 7.37. The van der Waals surface area contributed by atoms with Crippen LogP contribution in [-0.4, -0.2) is 60.5 Å². The number of fused-ring (bicyclic) bond motifs is 1. The summed E-state index contributed by atoms with van der Waals surface area (Å²) in [6, 6.07) is 12.3. The van der Waals surface area contributed by atoms with Gasteiger partial charge in [-0.2, -0.15) is 0 Å². The van der Waals surface area contributed by atoms with Crippen LogP contribution in [0.1, 0.15) is 10.4 Å². The van der Waals surface area contributed by atoms with Crippen LogP contribution in [-0.2, 0) is 4.79 Å². The molecule has 0 spiro atoms. The van der Waals surface area contributed by atoms with Gasteiger partial charge in [0.25, 0.3) is 11.8 Å². The van der Waals surface area contributed by atoms with Gasteiger partial charge >= 0.3 is 0 Å². The van der Waals surface area contributed by atoms with Crippen LogP contribution in [0, 0.1) is 0 Å². The number of piperazine rings is 1. The number of ether oxygens (including phenoxy) is 2. The summed E-state index contributed by atoms with van der Waals surface area (Å²) in [7, 11) is 0. The molecule has 0 radical (unpaired) electrons. The highest BCUT2D eigenvalue weighted by atomic mass is 35.5. The van der Waals surface area contributed by atoms with E-state index in [1.165, 1.54) is 0 Å². The van der Waals surface area contributed by atoms with E-state index in [9.17, 15) is 9.59 Å². The van der Waals surface area contributed by atoms with Gasteiger partial charge in [0, 0.05) is 26.2 Å². The van der Waals surface area contributed by atoms with Crippen LogP contribution in [0.2, 0.25) is 10.0 Å². The van der Waals surface area contributed by atoms with Crippen LogP contribution in [0.3, 0.4) is 0 Å². The smallest absolute Gasteiger partial charge is 0.267 e. The quantitative estimate of drug-likeness (QED) is 0.748. The van der Waals surface area contributed by atoms with Crippen molar-refractivity contribution >= 4 is 35.0 Å². The van der Waals surface area contributed by atoms with Crippen molar-refractivity contribution in [1.82, 2.24) is 9.80 Å². The number of benzene rings is 2. The first-order chi connectivity index (χ1) is 13.5. The highest BCUT2D eigenvalue weighted by molar-refractivity contribution is 6.43. The predicted octanol–water partition coefficient (Wildman–Crippen LogP) is 3.12. The van der Waals surface area contributed by atoms with Gasteiger partial charge in [0.15, 0.2) is 11.5 Å². The largest absolute Gasteiger partial charge is 0.485 e. The maximum atomic E-state index is 12.8. The molecule has 0 aliphatic carbocycles. The molecule has 2 aliphatic heterocycles. The summed E-state index contributed by atoms with van der Waals surface area (Å²) in [6.07, 6.45) is -0.681. The zero-order chi connectivity index (χ0) is 19.7. The van der Waals surface area contributed by atoms with Crippen LogP contribution < -0.4 is 9.47 Å². The Morgan fingerprint density at radius 1 is 0.893 bits per heavy atom. The molecule has 2 amide bonds. The minimum Gasteiger partial charge on any atom is -0.485 e. The zero-order valence-corrected chi connectivity index (χ0v) is 16.4. The van der Waals surface area contributed by atoms with Gasteiger partial charge in [0.05, 0.1) is 15.6 Å². The van der Waals surface area contributed by atoms with Gasteiger partial charge in [-0.05, 0) is 24.3 Å². The van der Waals surface area contributed by atoms with Crippen molar-refractivity contribution in [2.75, 3.05) is 32.8 Å². The Labute approximate surface area is 172 Å². The molecule has 0 bridgehead atoms. The third-order valence-electron chi connectivity index (χ3n) is 4.84. The molecule has 1 atom stereocenters. The highest BCUT2D eigenvalue weighted by Crippen LogP contribution is 2.31. The van der Waals surface area contributed by atoms with Crippen LogP contribution in [0.5, 0.6) is 11.5 Å². The zero-order valence-electron chi connectivity index (χ0n) is 14.9. The molecule has 1 unspecified atom stereocenters. The van der Waals surface area contributed by atoms with Gasteiger partial charge in [-0.25, -0.2) is 0 Å². The minimum atomic E-state index is -0.681. The molecule has 146 valence electrons. The Kier molecular flexibility index (Phi) is 5.33. The van der Waals surface area contributed by atoms with E-state index < -0.39 is 6.10 Å². The molecule has 8 heteroatoms. The molecule has 1 fully saturated rings.